The highest BCUT2D eigenvalue weighted by Crippen LogP contribution is 2.34. The molecule has 0 aromatic heterocycles. The summed E-state index contributed by atoms with van der Waals surface area (Å²) in [5.41, 5.74) is -0.0527. The van der Waals surface area contributed by atoms with Gasteiger partial charge in [0, 0.05) is 30.4 Å². The number of hydrogen-bond acceptors (Lipinski definition) is 3. The van der Waals surface area contributed by atoms with Gasteiger partial charge in [-0.05, 0) is 43.4 Å². The molecule has 146 valence electrons. The maximum atomic E-state index is 13.2. The van der Waals surface area contributed by atoms with Crippen molar-refractivity contribution in [3.05, 3.63) is 47.5 Å². The van der Waals surface area contributed by atoms with Crippen LogP contribution in [0.5, 0.6) is 0 Å². The second-order valence-corrected chi connectivity index (χ2v) is 7.00. The number of unbranched alkanes of at least 4 members (excludes halogenated alkanes) is 3. The minimum atomic E-state index is -0.802. The molecule has 0 aliphatic heterocycles. The van der Waals surface area contributed by atoms with Crippen LogP contribution in [0.15, 0.2) is 30.4 Å². The quantitative estimate of drug-likeness (QED) is 0.363. The zero-order valence-electron chi connectivity index (χ0n) is 15.1. The molecule has 0 radical (unpaired) electrons. The highest BCUT2D eigenvalue weighted by Gasteiger charge is 2.32. The Morgan fingerprint density at radius 1 is 1.07 bits per heavy atom. The maximum absolute atomic E-state index is 13.2. The van der Waals surface area contributed by atoms with Crippen molar-refractivity contribution in [2.75, 3.05) is 0 Å². The second-order valence-electron chi connectivity index (χ2n) is 7.00. The number of rotatable bonds is 10. The number of carboxylic acid groups (broad SMARTS) is 1. The van der Waals surface area contributed by atoms with Crippen LogP contribution in [0.4, 0.5) is 8.78 Å². The van der Waals surface area contributed by atoms with E-state index in [-0.39, 0.29) is 29.6 Å². The van der Waals surface area contributed by atoms with Crippen LogP contribution >= 0.6 is 0 Å². The third-order valence-corrected chi connectivity index (χ3v) is 4.95. The maximum Gasteiger partial charge on any atom is 0.303 e. The first-order valence-corrected chi connectivity index (χ1v) is 9.30. The Kier molecular flexibility index (Phi) is 7.82. The molecule has 1 aromatic rings. The van der Waals surface area contributed by atoms with E-state index < -0.39 is 23.4 Å². The number of Topliss-reactive ketones (excluding diaryl/α,β-unsaturated/α-hetero) is 1. The van der Waals surface area contributed by atoms with Gasteiger partial charge in [-0.25, -0.2) is 8.78 Å². The summed E-state index contributed by atoms with van der Waals surface area (Å²) in [6.45, 7) is 0. The van der Waals surface area contributed by atoms with E-state index in [0.29, 0.717) is 31.7 Å². The average molecular weight is 378 g/mol. The minimum Gasteiger partial charge on any atom is -0.481 e. The number of ketones is 2. The van der Waals surface area contributed by atoms with Crippen molar-refractivity contribution in [1.29, 1.82) is 0 Å². The van der Waals surface area contributed by atoms with Gasteiger partial charge in [-0.15, -0.1) is 0 Å². The standard InChI is InChI=1S/C21H24F2O4/c22-16-11-15(12-17(23)13-16)19(24)9-7-14-8-10-20(25)18(14)5-3-1-2-4-6-21(26)27/h7,9,11-14,18H,1-6,8,10H2,(H,26,27)/b9-7+. The molecule has 1 aliphatic rings. The summed E-state index contributed by atoms with van der Waals surface area (Å²) >= 11 is 0. The molecule has 2 atom stereocenters. The van der Waals surface area contributed by atoms with Crippen LogP contribution < -0.4 is 0 Å². The summed E-state index contributed by atoms with van der Waals surface area (Å²) < 4.78 is 26.4. The van der Waals surface area contributed by atoms with Gasteiger partial charge >= 0.3 is 5.97 Å². The van der Waals surface area contributed by atoms with Gasteiger partial charge in [0.2, 0.25) is 0 Å². The number of allylic oxidation sites excluding steroid dienone is 2. The molecule has 1 aliphatic carbocycles. The van der Waals surface area contributed by atoms with E-state index in [1.165, 1.54) is 6.08 Å². The summed E-state index contributed by atoms with van der Waals surface area (Å²) in [7, 11) is 0. The van der Waals surface area contributed by atoms with Gasteiger partial charge in [0.15, 0.2) is 5.78 Å². The zero-order chi connectivity index (χ0) is 19.8. The third kappa shape index (κ3) is 6.70. The number of benzene rings is 1. The molecule has 1 N–H and O–H groups in total. The smallest absolute Gasteiger partial charge is 0.303 e. The number of carbonyl (C=O) groups is 3. The molecule has 1 saturated carbocycles. The molecule has 0 spiro atoms. The van der Waals surface area contributed by atoms with Crippen LogP contribution in [0.1, 0.15) is 61.7 Å². The Labute approximate surface area is 157 Å². The van der Waals surface area contributed by atoms with Crippen molar-refractivity contribution in [2.24, 2.45) is 11.8 Å². The van der Waals surface area contributed by atoms with Gasteiger partial charge in [0.05, 0.1) is 0 Å². The van der Waals surface area contributed by atoms with Crippen LogP contribution in [-0.2, 0) is 9.59 Å². The van der Waals surface area contributed by atoms with Crippen LogP contribution in [0.2, 0.25) is 0 Å². The van der Waals surface area contributed by atoms with E-state index in [0.717, 1.165) is 31.4 Å². The van der Waals surface area contributed by atoms with Gasteiger partial charge in [-0.2, -0.15) is 0 Å². The van der Waals surface area contributed by atoms with E-state index in [2.05, 4.69) is 0 Å². The number of aliphatic carboxylic acids is 1. The summed E-state index contributed by atoms with van der Waals surface area (Å²) in [5.74, 6) is -2.89. The number of hydrogen-bond donors (Lipinski definition) is 1. The minimum absolute atomic E-state index is 0.0427. The molecule has 2 unspecified atom stereocenters. The third-order valence-electron chi connectivity index (χ3n) is 4.95. The second kappa shape index (κ2) is 10.1. The highest BCUT2D eigenvalue weighted by atomic mass is 19.1. The van der Waals surface area contributed by atoms with Crippen molar-refractivity contribution in [3.8, 4) is 0 Å². The summed E-state index contributed by atoms with van der Waals surface area (Å²) in [5, 5.41) is 8.61. The average Bonchev–Trinajstić information content (AvgIpc) is 2.94. The van der Waals surface area contributed by atoms with Gasteiger partial charge in [0.1, 0.15) is 17.4 Å². The molecule has 2 rings (SSSR count). The molecular weight excluding hydrogens is 354 g/mol. The Hall–Kier alpha value is -2.37. The van der Waals surface area contributed by atoms with E-state index in [9.17, 15) is 23.2 Å². The van der Waals surface area contributed by atoms with Crippen molar-refractivity contribution in [3.63, 3.8) is 0 Å². The summed E-state index contributed by atoms with van der Waals surface area (Å²) in [6, 6.07) is 2.69. The molecule has 4 nitrogen and oxygen atoms in total. The van der Waals surface area contributed by atoms with Gasteiger partial charge in [0.25, 0.3) is 0 Å². The Balaban J connectivity index is 1.86. The lowest BCUT2D eigenvalue weighted by Gasteiger charge is -2.14. The van der Waals surface area contributed by atoms with Crippen LogP contribution in [0.25, 0.3) is 0 Å². The van der Waals surface area contributed by atoms with Gasteiger partial charge in [-0.1, -0.05) is 25.3 Å². The molecular formula is C21H24F2O4. The fraction of sp³-hybridized carbons (Fsp3) is 0.476. The molecule has 1 fully saturated rings. The Morgan fingerprint density at radius 3 is 2.41 bits per heavy atom. The van der Waals surface area contributed by atoms with Crippen molar-refractivity contribution < 1.29 is 28.3 Å². The first kappa shape index (κ1) is 20.9. The van der Waals surface area contributed by atoms with Crippen molar-refractivity contribution in [1.82, 2.24) is 0 Å². The first-order valence-electron chi connectivity index (χ1n) is 9.30. The fourth-order valence-corrected chi connectivity index (χ4v) is 3.54. The SMILES string of the molecule is O=C(O)CCCCCCC1C(=O)CCC1/C=C/C(=O)c1cc(F)cc(F)c1. The zero-order valence-corrected chi connectivity index (χ0v) is 15.1. The van der Waals surface area contributed by atoms with E-state index in [1.807, 2.05) is 0 Å². The monoisotopic (exact) mass is 378 g/mol. The van der Waals surface area contributed by atoms with Crippen molar-refractivity contribution >= 4 is 17.5 Å². The first-order chi connectivity index (χ1) is 12.9. The molecule has 6 heteroatoms. The highest BCUT2D eigenvalue weighted by molar-refractivity contribution is 6.04. The topological polar surface area (TPSA) is 71.4 Å². The summed E-state index contributed by atoms with van der Waals surface area (Å²) in [6.07, 6.45) is 8.17. The normalized spacial score (nSPS) is 19.7. The molecule has 0 bridgehead atoms. The van der Waals surface area contributed by atoms with Gasteiger partial charge in [-0.3, -0.25) is 14.4 Å². The molecule has 0 heterocycles. The van der Waals surface area contributed by atoms with E-state index in [4.69, 9.17) is 5.11 Å². The van der Waals surface area contributed by atoms with Gasteiger partial charge < -0.3 is 5.11 Å². The number of carbonyl (C=O) groups excluding carboxylic acids is 2. The van der Waals surface area contributed by atoms with Crippen molar-refractivity contribution in [2.45, 2.75) is 51.4 Å². The Morgan fingerprint density at radius 2 is 1.74 bits per heavy atom. The van der Waals surface area contributed by atoms with E-state index in [1.54, 1.807) is 6.08 Å². The summed E-state index contributed by atoms with van der Waals surface area (Å²) in [4.78, 5) is 34.7. The lowest BCUT2D eigenvalue weighted by atomic mass is 9.89. The van der Waals surface area contributed by atoms with E-state index >= 15 is 0 Å². The van der Waals surface area contributed by atoms with Crippen LogP contribution in [0, 0.1) is 23.5 Å². The number of carboxylic acids is 1. The predicted molar refractivity (Wildman–Crippen MR) is 96.4 cm³/mol. The van der Waals surface area contributed by atoms with Crippen LogP contribution in [-0.4, -0.2) is 22.6 Å². The molecule has 27 heavy (non-hydrogen) atoms. The predicted octanol–water partition coefficient (Wildman–Crippen LogP) is 4.72. The largest absolute Gasteiger partial charge is 0.481 e. The molecule has 0 saturated heterocycles. The van der Waals surface area contributed by atoms with Crippen LogP contribution in [0.3, 0.4) is 0 Å². The fourth-order valence-electron chi connectivity index (χ4n) is 3.54. The lowest BCUT2D eigenvalue weighted by molar-refractivity contribution is -0.137. The number of halogens is 2. The Bertz CT molecular complexity index is 707. The molecule has 0 amide bonds. The lowest BCUT2D eigenvalue weighted by Crippen LogP contribution is -2.13. The molecule has 1 aromatic carbocycles.